The highest BCUT2D eigenvalue weighted by atomic mass is 79.9. The summed E-state index contributed by atoms with van der Waals surface area (Å²) in [5, 5.41) is 7.24. The van der Waals surface area contributed by atoms with Gasteiger partial charge < -0.3 is 4.74 Å². The fraction of sp³-hybridized carbons (Fsp3) is 0.700. The number of hydrogen-bond acceptors (Lipinski definition) is 6. The Morgan fingerprint density at radius 2 is 2.10 bits per heavy atom. The van der Waals surface area contributed by atoms with Crippen LogP contribution >= 0.6 is 15.9 Å². The van der Waals surface area contributed by atoms with E-state index in [1.807, 2.05) is 0 Å². The molecule has 0 bridgehead atoms. The molecule has 10 heteroatoms. The fourth-order valence-corrected chi connectivity index (χ4v) is 3.72. The molecule has 20 heavy (non-hydrogen) atoms. The van der Waals surface area contributed by atoms with Crippen LogP contribution in [0.4, 0.5) is 0 Å². The number of nitrogens with one attached hydrogen (secondary N) is 1. The van der Waals surface area contributed by atoms with E-state index in [0.29, 0.717) is 25.8 Å². The van der Waals surface area contributed by atoms with Crippen molar-refractivity contribution in [1.82, 2.24) is 19.7 Å². The van der Waals surface area contributed by atoms with Gasteiger partial charge in [-0.25, -0.2) is 17.8 Å². The molecule has 8 nitrogen and oxygen atoms in total. The molecule has 0 unspecified atom stereocenters. The van der Waals surface area contributed by atoms with E-state index in [0.717, 1.165) is 6.42 Å². The molecule has 0 atom stereocenters. The van der Waals surface area contributed by atoms with Gasteiger partial charge in [-0.15, -0.1) is 5.10 Å². The maximum Gasteiger partial charge on any atom is 0.305 e. The second-order valence-corrected chi connectivity index (χ2v) is 6.53. The number of rotatable bonds is 8. The van der Waals surface area contributed by atoms with Gasteiger partial charge in [0.2, 0.25) is 5.03 Å². The summed E-state index contributed by atoms with van der Waals surface area (Å²) >= 11 is 3.05. The molecule has 114 valence electrons. The van der Waals surface area contributed by atoms with Gasteiger partial charge in [-0.2, -0.15) is 0 Å². The highest BCUT2D eigenvalue weighted by molar-refractivity contribution is 9.10. The SMILES string of the molecule is COC(=O)CCCCCNS(=O)(=O)c1c(Br)nnn1C. The van der Waals surface area contributed by atoms with Crippen LogP contribution in [0.5, 0.6) is 0 Å². The van der Waals surface area contributed by atoms with Gasteiger partial charge in [-0.1, -0.05) is 11.6 Å². The second-order valence-electron chi connectivity index (χ2n) is 4.09. The summed E-state index contributed by atoms with van der Waals surface area (Å²) in [4.78, 5) is 10.9. The van der Waals surface area contributed by atoms with Gasteiger partial charge in [0.05, 0.1) is 7.11 Å². The summed E-state index contributed by atoms with van der Waals surface area (Å²) in [5.74, 6) is -0.254. The Kier molecular flexibility index (Phi) is 6.56. The average Bonchev–Trinajstić information content (AvgIpc) is 2.73. The number of methoxy groups -OCH3 is 1. The molecule has 0 amide bonds. The van der Waals surface area contributed by atoms with Gasteiger partial charge in [0.25, 0.3) is 10.0 Å². The molecule has 0 radical (unpaired) electrons. The number of unbranched alkanes of at least 4 members (excludes halogenated alkanes) is 2. The van der Waals surface area contributed by atoms with E-state index in [-0.39, 0.29) is 15.6 Å². The predicted molar refractivity (Wildman–Crippen MR) is 74.4 cm³/mol. The number of halogens is 1. The van der Waals surface area contributed by atoms with Crippen molar-refractivity contribution in [3.8, 4) is 0 Å². The Morgan fingerprint density at radius 3 is 2.65 bits per heavy atom. The maximum atomic E-state index is 12.0. The lowest BCUT2D eigenvalue weighted by Crippen LogP contribution is -2.27. The number of aromatic nitrogens is 3. The zero-order valence-corrected chi connectivity index (χ0v) is 13.7. The topological polar surface area (TPSA) is 103 Å². The molecule has 1 aromatic heterocycles. The van der Waals surface area contributed by atoms with E-state index < -0.39 is 10.0 Å². The molecular weight excluding hydrogens is 352 g/mol. The number of carbonyl (C=O) groups is 1. The molecule has 0 aliphatic heterocycles. The van der Waals surface area contributed by atoms with Crippen molar-refractivity contribution in [3.63, 3.8) is 0 Å². The van der Waals surface area contributed by atoms with Crippen LogP contribution < -0.4 is 4.72 Å². The summed E-state index contributed by atoms with van der Waals surface area (Å²) in [6, 6.07) is 0. The van der Waals surface area contributed by atoms with Gasteiger partial charge in [0.1, 0.15) is 0 Å². The lowest BCUT2D eigenvalue weighted by atomic mass is 10.2. The van der Waals surface area contributed by atoms with Crippen LogP contribution in [0.15, 0.2) is 9.63 Å². The van der Waals surface area contributed by atoms with Gasteiger partial charge in [0, 0.05) is 20.0 Å². The van der Waals surface area contributed by atoms with Gasteiger partial charge in [-0.05, 0) is 28.8 Å². The minimum absolute atomic E-state index is 0.00735. The number of nitrogens with zero attached hydrogens (tertiary/aromatic N) is 3. The lowest BCUT2D eigenvalue weighted by molar-refractivity contribution is -0.140. The Bertz CT molecular complexity index is 538. The van der Waals surface area contributed by atoms with Crippen LogP contribution in [0.25, 0.3) is 0 Å². The minimum atomic E-state index is -3.64. The van der Waals surface area contributed by atoms with Crippen molar-refractivity contribution in [2.75, 3.05) is 13.7 Å². The predicted octanol–water partition coefficient (Wildman–Crippen LogP) is 0.589. The summed E-state index contributed by atoms with van der Waals surface area (Å²) in [5.41, 5.74) is 0. The third-order valence-corrected chi connectivity index (χ3v) is 4.92. The quantitative estimate of drug-likeness (QED) is 0.531. The first-order valence-electron chi connectivity index (χ1n) is 6.00. The third kappa shape index (κ3) is 4.84. The number of aryl methyl sites for hydroxylation is 1. The first-order chi connectivity index (χ1) is 9.38. The van der Waals surface area contributed by atoms with Crippen LogP contribution in [0.3, 0.4) is 0 Å². The van der Waals surface area contributed by atoms with Crippen molar-refractivity contribution >= 4 is 31.9 Å². The Hall–Kier alpha value is -1.00. The van der Waals surface area contributed by atoms with Crippen molar-refractivity contribution in [1.29, 1.82) is 0 Å². The Labute approximate surface area is 126 Å². The van der Waals surface area contributed by atoms with E-state index in [4.69, 9.17) is 0 Å². The normalized spacial score (nSPS) is 11.6. The zero-order chi connectivity index (χ0) is 15.2. The average molecular weight is 369 g/mol. The molecule has 0 saturated carbocycles. The van der Waals surface area contributed by atoms with Crippen molar-refractivity contribution in [2.45, 2.75) is 30.7 Å². The number of hydrogen-bond donors (Lipinski definition) is 1. The highest BCUT2D eigenvalue weighted by Crippen LogP contribution is 2.17. The van der Waals surface area contributed by atoms with Gasteiger partial charge in [-0.3, -0.25) is 4.79 Å². The Morgan fingerprint density at radius 1 is 1.40 bits per heavy atom. The van der Waals surface area contributed by atoms with Gasteiger partial charge in [0.15, 0.2) is 4.60 Å². The van der Waals surface area contributed by atoms with Crippen molar-refractivity contribution < 1.29 is 17.9 Å². The summed E-state index contributed by atoms with van der Waals surface area (Å²) < 4.78 is 32.4. The molecule has 0 fully saturated rings. The monoisotopic (exact) mass is 368 g/mol. The van der Waals surface area contributed by atoms with E-state index in [1.54, 1.807) is 0 Å². The molecule has 1 N–H and O–H groups in total. The first kappa shape index (κ1) is 17.1. The Balaban J connectivity index is 2.37. The van der Waals surface area contributed by atoms with Crippen LogP contribution in [-0.4, -0.2) is 43.0 Å². The van der Waals surface area contributed by atoms with E-state index in [2.05, 4.69) is 35.7 Å². The molecule has 0 aliphatic rings. The molecular formula is C10H17BrN4O4S. The molecule has 0 aliphatic carbocycles. The molecule has 0 aromatic carbocycles. The number of esters is 1. The smallest absolute Gasteiger partial charge is 0.305 e. The third-order valence-electron chi connectivity index (χ3n) is 2.57. The molecule has 0 spiro atoms. The number of ether oxygens (including phenoxy) is 1. The van der Waals surface area contributed by atoms with Crippen LogP contribution in [0, 0.1) is 0 Å². The summed E-state index contributed by atoms with van der Waals surface area (Å²) in [7, 11) is -0.791. The van der Waals surface area contributed by atoms with Crippen LogP contribution in [-0.2, 0) is 26.6 Å². The molecule has 0 saturated heterocycles. The van der Waals surface area contributed by atoms with Crippen LogP contribution in [0.2, 0.25) is 0 Å². The van der Waals surface area contributed by atoms with Crippen molar-refractivity contribution in [2.24, 2.45) is 7.05 Å². The van der Waals surface area contributed by atoms with Crippen LogP contribution in [0.1, 0.15) is 25.7 Å². The molecule has 1 rings (SSSR count). The fourth-order valence-electron chi connectivity index (χ4n) is 1.56. The molecule has 1 heterocycles. The van der Waals surface area contributed by atoms with E-state index in [9.17, 15) is 13.2 Å². The van der Waals surface area contributed by atoms with Crippen molar-refractivity contribution in [3.05, 3.63) is 4.60 Å². The summed E-state index contributed by atoms with van der Waals surface area (Å²) in [6.45, 7) is 0.293. The number of carbonyl (C=O) groups excluding carboxylic acids is 1. The largest absolute Gasteiger partial charge is 0.469 e. The lowest BCUT2D eigenvalue weighted by Gasteiger charge is -2.06. The first-order valence-corrected chi connectivity index (χ1v) is 8.27. The minimum Gasteiger partial charge on any atom is -0.469 e. The second kappa shape index (κ2) is 7.70. The van der Waals surface area contributed by atoms with E-state index >= 15 is 0 Å². The molecule has 1 aromatic rings. The number of sulfonamides is 1. The summed E-state index contributed by atoms with van der Waals surface area (Å²) in [6.07, 6.45) is 2.40. The zero-order valence-electron chi connectivity index (χ0n) is 11.3. The maximum absolute atomic E-state index is 12.0. The van der Waals surface area contributed by atoms with E-state index in [1.165, 1.54) is 18.8 Å². The highest BCUT2D eigenvalue weighted by Gasteiger charge is 2.23. The standard InChI is InChI=1S/C10H17BrN4O4S/c1-15-10(9(11)13-14-15)20(17,18)12-7-5-3-4-6-8(16)19-2/h12H,3-7H2,1-2H3. The van der Waals surface area contributed by atoms with Gasteiger partial charge >= 0.3 is 5.97 Å².